The summed E-state index contributed by atoms with van der Waals surface area (Å²) in [7, 11) is -1.16. The number of carbonyl (C=O) groups is 1. The monoisotopic (exact) mass is 353 g/mol. The van der Waals surface area contributed by atoms with Crippen molar-refractivity contribution >= 4 is 22.3 Å². The van der Waals surface area contributed by atoms with Gasteiger partial charge in [-0.2, -0.15) is 0 Å². The van der Waals surface area contributed by atoms with Crippen molar-refractivity contribution in [3.8, 4) is 0 Å². The molecule has 0 aliphatic rings. The molecule has 0 radical (unpaired) electrons. The van der Waals surface area contributed by atoms with Crippen LogP contribution in [-0.2, 0) is 21.0 Å². The Morgan fingerprint density at radius 3 is 2.38 bits per heavy atom. The Hall–Kier alpha value is -1.56. The predicted octanol–water partition coefficient (Wildman–Crippen LogP) is 4.16. The van der Waals surface area contributed by atoms with Crippen LogP contribution in [0.1, 0.15) is 59.4 Å². The van der Waals surface area contributed by atoms with Crippen LogP contribution in [0.5, 0.6) is 0 Å². The van der Waals surface area contributed by atoms with Crippen molar-refractivity contribution in [2.45, 2.75) is 64.0 Å². The maximum absolute atomic E-state index is 12.8. The lowest BCUT2D eigenvalue weighted by atomic mass is 9.74. The Kier molecular flexibility index (Phi) is 6.84. The van der Waals surface area contributed by atoms with Crippen molar-refractivity contribution in [1.29, 1.82) is 0 Å². The lowest BCUT2D eigenvalue weighted by Gasteiger charge is -2.35. The summed E-state index contributed by atoms with van der Waals surface area (Å²) >= 11 is 0. The molecule has 0 saturated carbocycles. The zero-order chi connectivity index (χ0) is 18.5. The first-order chi connectivity index (χ1) is 11.0. The molecule has 0 amide bonds. The minimum atomic E-state index is -1.16. The largest absolute Gasteiger partial charge is 0.300 e. The van der Waals surface area contributed by atoms with Crippen molar-refractivity contribution in [3.05, 3.63) is 39.9 Å². The fraction of sp³-hybridized carbons (Fsp3) is 0.611. The topological polar surface area (TPSA) is 77.3 Å². The number of non-ortho nitro benzene ring substituents is 1. The van der Waals surface area contributed by atoms with E-state index in [1.165, 1.54) is 19.1 Å². The van der Waals surface area contributed by atoms with Crippen molar-refractivity contribution in [3.63, 3.8) is 0 Å². The van der Waals surface area contributed by atoms with E-state index in [1.54, 1.807) is 6.07 Å². The Bertz CT molecular complexity index is 636. The molecule has 5 nitrogen and oxygen atoms in total. The number of nitrogens with zero attached hydrogens (tertiary/aromatic N) is 1. The summed E-state index contributed by atoms with van der Waals surface area (Å²) < 4.78 is 12.4. The van der Waals surface area contributed by atoms with Crippen molar-refractivity contribution in [1.82, 2.24) is 0 Å². The van der Waals surface area contributed by atoms with Gasteiger partial charge in [0, 0.05) is 45.3 Å². The highest BCUT2D eigenvalue weighted by Crippen LogP contribution is 2.37. The molecule has 0 fully saturated rings. The smallest absolute Gasteiger partial charge is 0.269 e. The second-order valence-corrected chi connectivity index (χ2v) is 9.52. The molecule has 2 atom stereocenters. The summed E-state index contributed by atoms with van der Waals surface area (Å²) in [5.74, 6) is 0.325. The lowest BCUT2D eigenvalue weighted by molar-refractivity contribution is -0.385. The first kappa shape index (κ1) is 20.5. The first-order valence-electron chi connectivity index (χ1n) is 8.15. The van der Waals surface area contributed by atoms with Gasteiger partial charge in [0.1, 0.15) is 5.78 Å². The SMILES string of the molecule is CCC[C@@](CC(C)=O)(C[S@@](=O)C(C)(C)C)c1cccc([N+](=O)[O-])c1. The molecule has 0 bridgehead atoms. The van der Waals surface area contributed by atoms with Crippen LogP contribution >= 0.6 is 0 Å². The average molecular weight is 353 g/mol. The van der Waals surface area contributed by atoms with E-state index in [-0.39, 0.29) is 17.9 Å². The molecule has 0 aliphatic carbocycles. The zero-order valence-corrected chi connectivity index (χ0v) is 15.9. The number of nitro groups is 1. The van der Waals surface area contributed by atoms with Gasteiger partial charge < -0.3 is 0 Å². The number of nitro benzene ring substituents is 1. The van der Waals surface area contributed by atoms with Gasteiger partial charge in [-0.25, -0.2) is 0 Å². The third kappa shape index (κ3) is 5.23. The number of hydrogen-bond acceptors (Lipinski definition) is 4. The molecule has 0 N–H and O–H groups in total. The minimum absolute atomic E-state index is 0.000801. The lowest BCUT2D eigenvalue weighted by Crippen LogP contribution is -2.39. The standard InChI is InChI=1S/C18H27NO4S/c1-6-10-18(12-14(2)20,13-24(23)17(3,4)5)15-8-7-9-16(11-15)19(21)22/h7-9,11H,6,10,12-13H2,1-5H3/t18-,24-/m1/s1. The number of carbonyl (C=O) groups excluding carboxylic acids is 1. The summed E-state index contributed by atoms with van der Waals surface area (Å²) in [5.41, 5.74) is 0.0921. The molecule has 0 heterocycles. The van der Waals surface area contributed by atoms with Crippen LogP contribution in [0.25, 0.3) is 0 Å². The number of rotatable bonds is 8. The minimum Gasteiger partial charge on any atom is -0.300 e. The van der Waals surface area contributed by atoms with Crippen LogP contribution in [0.2, 0.25) is 0 Å². The Labute approximate surface area is 146 Å². The van der Waals surface area contributed by atoms with Crippen molar-refractivity contribution < 1.29 is 13.9 Å². The van der Waals surface area contributed by atoms with E-state index in [0.29, 0.717) is 12.2 Å². The summed E-state index contributed by atoms with van der Waals surface area (Å²) in [6.45, 7) is 9.23. The van der Waals surface area contributed by atoms with Crippen LogP contribution in [0.3, 0.4) is 0 Å². The molecule has 1 rings (SSSR count). The summed E-state index contributed by atoms with van der Waals surface area (Å²) in [4.78, 5) is 22.6. The van der Waals surface area contributed by atoms with Crippen LogP contribution in [0.4, 0.5) is 5.69 Å². The fourth-order valence-corrected chi connectivity index (χ4v) is 4.26. The zero-order valence-electron chi connectivity index (χ0n) is 15.1. The van der Waals surface area contributed by atoms with Gasteiger partial charge in [-0.05, 0) is 39.7 Å². The van der Waals surface area contributed by atoms with Crippen molar-refractivity contribution in [2.75, 3.05) is 5.75 Å². The average Bonchev–Trinajstić information content (AvgIpc) is 2.45. The highest BCUT2D eigenvalue weighted by Gasteiger charge is 2.38. The van der Waals surface area contributed by atoms with E-state index >= 15 is 0 Å². The van der Waals surface area contributed by atoms with Gasteiger partial charge in [0.05, 0.1) is 4.92 Å². The molecule has 24 heavy (non-hydrogen) atoms. The molecule has 1 aromatic rings. The highest BCUT2D eigenvalue weighted by molar-refractivity contribution is 7.86. The van der Waals surface area contributed by atoms with Gasteiger partial charge in [-0.15, -0.1) is 0 Å². The van der Waals surface area contributed by atoms with Gasteiger partial charge in [-0.3, -0.25) is 19.1 Å². The Morgan fingerprint density at radius 1 is 1.29 bits per heavy atom. The molecule has 1 aromatic carbocycles. The molecule has 0 aliphatic heterocycles. The van der Waals surface area contributed by atoms with Gasteiger partial charge in [-0.1, -0.05) is 25.5 Å². The van der Waals surface area contributed by atoms with E-state index in [9.17, 15) is 19.1 Å². The molecular weight excluding hydrogens is 326 g/mol. The predicted molar refractivity (Wildman–Crippen MR) is 97.7 cm³/mol. The molecule has 6 heteroatoms. The van der Waals surface area contributed by atoms with Crippen LogP contribution in [0.15, 0.2) is 24.3 Å². The maximum atomic E-state index is 12.8. The third-order valence-corrected chi connectivity index (χ3v) is 6.26. The molecule has 0 aromatic heterocycles. The van der Waals surface area contributed by atoms with Crippen LogP contribution < -0.4 is 0 Å². The quantitative estimate of drug-likeness (QED) is 0.519. The number of ketones is 1. The van der Waals surface area contributed by atoms with E-state index in [0.717, 1.165) is 12.0 Å². The van der Waals surface area contributed by atoms with Gasteiger partial charge in [0.2, 0.25) is 0 Å². The van der Waals surface area contributed by atoms with Gasteiger partial charge in [0.15, 0.2) is 0 Å². The third-order valence-electron chi connectivity index (χ3n) is 4.08. The number of Topliss-reactive ketones (excluding diaryl/α,β-unsaturated/α-hetero) is 1. The molecule has 0 unspecified atom stereocenters. The summed E-state index contributed by atoms with van der Waals surface area (Å²) in [6.07, 6.45) is 1.71. The van der Waals surface area contributed by atoms with E-state index in [1.807, 2.05) is 33.8 Å². The number of benzene rings is 1. The Balaban J connectivity index is 3.44. The molecule has 0 spiro atoms. The van der Waals surface area contributed by atoms with Crippen molar-refractivity contribution in [2.24, 2.45) is 0 Å². The normalized spacial score (nSPS) is 15.5. The van der Waals surface area contributed by atoms with Crippen LogP contribution in [0, 0.1) is 10.1 Å². The Morgan fingerprint density at radius 2 is 1.92 bits per heavy atom. The first-order valence-corrected chi connectivity index (χ1v) is 9.46. The highest BCUT2D eigenvalue weighted by atomic mass is 32.2. The summed E-state index contributed by atoms with van der Waals surface area (Å²) in [5, 5.41) is 11.1. The second-order valence-electron chi connectivity index (χ2n) is 7.32. The molecular formula is C18H27NO4S. The fourth-order valence-electron chi connectivity index (χ4n) is 2.91. The molecule has 0 saturated heterocycles. The maximum Gasteiger partial charge on any atom is 0.269 e. The van der Waals surface area contributed by atoms with E-state index in [4.69, 9.17) is 0 Å². The van der Waals surface area contributed by atoms with Gasteiger partial charge >= 0.3 is 0 Å². The number of hydrogen-bond donors (Lipinski definition) is 0. The summed E-state index contributed by atoms with van der Waals surface area (Å²) in [6, 6.07) is 6.41. The molecule has 134 valence electrons. The van der Waals surface area contributed by atoms with Gasteiger partial charge in [0.25, 0.3) is 5.69 Å². The van der Waals surface area contributed by atoms with E-state index < -0.39 is 25.9 Å². The van der Waals surface area contributed by atoms with E-state index in [2.05, 4.69) is 0 Å². The second kappa shape index (κ2) is 8.01. The van der Waals surface area contributed by atoms with Crippen LogP contribution in [-0.4, -0.2) is 25.4 Å².